The molecule has 1 saturated heterocycles. The molecule has 0 spiro atoms. The Morgan fingerprint density at radius 3 is 2.30 bits per heavy atom. The van der Waals surface area contributed by atoms with Crippen LogP contribution in [0, 0.1) is 11.3 Å². The maximum atomic E-state index is 9.52. The van der Waals surface area contributed by atoms with E-state index < -0.39 is 0 Å². The Kier molecular flexibility index (Phi) is 4.52. The highest BCUT2D eigenvalue weighted by atomic mass is 79.9. The monoisotopic (exact) mass is 339 g/mol. The summed E-state index contributed by atoms with van der Waals surface area (Å²) in [7, 11) is 1.92. The summed E-state index contributed by atoms with van der Waals surface area (Å²) in [4.78, 5) is 9.05. The van der Waals surface area contributed by atoms with Crippen LogP contribution in [0.1, 0.15) is 32.5 Å². The minimum absolute atomic E-state index is 0.194. The summed E-state index contributed by atoms with van der Waals surface area (Å²) in [6.45, 7) is 10.5. The molecule has 2 heterocycles. The number of halogens is 1. The molecule has 6 heteroatoms. The number of hydrogen-bond acceptors (Lipinski definition) is 4. The molecule has 1 aromatic rings. The second-order valence-corrected chi connectivity index (χ2v) is 7.01. The maximum absolute atomic E-state index is 9.52. The molecule has 20 heavy (non-hydrogen) atoms. The van der Waals surface area contributed by atoms with E-state index in [0.717, 1.165) is 36.5 Å². The summed E-state index contributed by atoms with van der Waals surface area (Å²) in [5.74, 6) is 0. The number of piperazine rings is 1. The van der Waals surface area contributed by atoms with Crippen LogP contribution in [0.4, 0.5) is 0 Å². The number of aryl methyl sites for hydroxylation is 1. The first-order valence-electron chi connectivity index (χ1n) is 6.90. The van der Waals surface area contributed by atoms with Crippen molar-refractivity contribution in [2.75, 3.05) is 26.2 Å². The normalized spacial score (nSPS) is 19.8. The van der Waals surface area contributed by atoms with E-state index in [1.54, 1.807) is 6.33 Å². The molecule has 1 aliphatic heterocycles. The minimum atomic E-state index is -0.271. The fourth-order valence-electron chi connectivity index (χ4n) is 2.58. The van der Waals surface area contributed by atoms with Gasteiger partial charge in [0.15, 0.2) is 0 Å². The van der Waals surface area contributed by atoms with Crippen LogP contribution in [0.5, 0.6) is 0 Å². The minimum Gasteiger partial charge on any atom is -0.328 e. The van der Waals surface area contributed by atoms with Gasteiger partial charge in [-0.05, 0) is 36.7 Å². The molecule has 5 nitrogen and oxygen atoms in total. The number of nitrogens with zero attached hydrogens (tertiary/aromatic N) is 5. The molecular weight excluding hydrogens is 318 g/mol. The highest BCUT2D eigenvalue weighted by Gasteiger charge is 2.31. The van der Waals surface area contributed by atoms with Gasteiger partial charge in [0.25, 0.3) is 0 Å². The first-order valence-corrected chi connectivity index (χ1v) is 7.69. The molecular formula is C14H22BrN5. The van der Waals surface area contributed by atoms with Gasteiger partial charge in [0.1, 0.15) is 16.3 Å². The van der Waals surface area contributed by atoms with Crippen molar-refractivity contribution < 1.29 is 0 Å². The predicted molar refractivity (Wildman–Crippen MR) is 82.2 cm³/mol. The van der Waals surface area contributed by atoms with Gasteiger partial charge >= 0.3 is 0 Å². The summed E-state index contributed by atoms with van der Waals surface area (Å²) in [5.41, 5.74) is 1.01. The molecule has 1 fully saturated rings. The molecule has 2 rings (SSSR count). The Hall–Kier alpha value is -0.900. The number of hydrogen-bond donors (Lipinski definition) is 0. The van der Waals surface area contributed by atoms with Crippen molar-refractivity contribution in [3.05, 3.63) is 16.6 Å². The Morgan fingerprint density at radius 1 is 1.30 bits per heavy atom. The Labute approximate surface area is 129 Å². The van der Waals surface area contributed by atoms with E-state index in [4.69, 9.17) is 0 Å². The van der Waals surface area contributed by atoms with Crippen molar-refractivity contribution in [3.63, 3.8) is 0 Å². The zero-order valence-corrected chi connectivity index (χ0v) is 14.2. The molecule has 0 amide bonds. The summed E-state index contributed by atoms with van der Waals surface area (Å²) in [6.07, 6.45) is 1.75. The highest BCUT2D eigenvalue weighted by molar-refractivity contribution is 9.10. The average Bonchev–Trinajstić information content (AvgIpc) is 2.72. The standard InChI is InChI=1S/C14H22BrN5/c1-14(2,3)20-7-5-19(6-8-20)11(9-16)12-13(15)18(4)10-17-12/h10-11H,5-8H2,1-4H3. The van der Waals surface area contributed by atoms with Crippen LogP contribution in [-0.2, 0) is 7.05 Å². The highest BCUT2D eigenvalue weighted by Crippen LogP contribution is 2.27. The van der Waals surface area contributed by atoms with Crippen LogP contribution in [0.3, 0.4) is 0 Å². The van der Waals surface area contributed by atoms with E-state index in [2.05, 4.69) is 57.6 Å². The van der Waals surface area contributed by atoms with E-state index in [-0.39, 0.29) is 11.6 Å². The van der Waals surface area contributed by atoms with E-state index >= 15 is 0 Å². The number of nitriles is 1. The second kappa shape index (κ2) is 5.84. The number of rotatable bonds is 2. The molecule has 0 aliphatic carbocycles. The Morgan fingerprint density at radius 2 is 1.90 bits per heavy atom. The summed E-state index contributed by atoms with van der Waals surface area (Å²) >= 11 is 3.51. The van der Waals surface area contributed by atoms with Gasteiger partial charge in [-0.15, -0.1) is 0 Å². The first-order chi connectivity index (χ1) is 9.34. The van der Waals surface area contributed by atoms with Gasteiger partial charge in [0.2, 0.25) is 0 Å². The van der Waals surface area contributed by atoms with Crippen LogP contribution >= 0.6 is 15.9 Å². The molecule has 0 radical (unpaired) electrons. The lowest BCUT2D eigenvalue weighted by Gasteiger charge is -2.43. The fourth-order valence-corrected chi connectivity index (χ4v) is 2.99. The lowest BCUT2D eigenvalue weighted by molar-refractivity contribution is 0.0512. The zero-order valence-electron chi connectivity index (χ0n) is 12.6. The third kappa shape index (κ3) is 3.05. The van der Waals surface area contributed by atoms with Crippen LogP contribution < -0.4 is 0 Å². The SMILES string of the molecule is Cn1cnc(C(C#N)N2CCN(C(C)(C)C)CC2)c1Br. The Balaban J connectivity index is 2.09. The van der Waals surface area contributed by atoms with Crippen molar-refractivity contribution in [1.29, 1.82) is 5.26 Å². The van der Waals surface area contributed by atoms with Gasteiger partial charge in [-0.2, -0.15) is 5.26 Å². The molecule has 1 aromatic heterocycles. The molecule has 1 aliphatic rings. The third-order valence-corrected chi connectivity index (χ3v) is 4.87. The predicted octanol–water partition coefficient (Wildman–Crippen LogP) is 2.16. The van der Waals surface area contributed by atoms with Crippen LogP contribution in [0.25, 0.3) is 0 Å². The van der Waals surface area contributed by atoms with Gasteiger partial charge in [-0.1, -0.05) is 0 Å². The van der Waals surface area contributed by atoms with Crippen molar-refractivity contribution >= 4 is 15.9 Å². The van der Waals surface area contributed by atoms with Crippen molar-refractivity contribution in [2.45, 2.75) is 32.4 Å². The maximum Gasteiger partial charge on any atom is 0.143 e. The molecule has 110 valence electrons. The smallest absolute Gasteiger partial charge is 0.143 e. The number of aromatic nitrogens is 2. The largest absolute Gasteiger partial charge is 0.328 e. The first kappa shape index (κ1) is 15.5. The average molecular weight is 340 g/mol. The van der Waals surface area contributed by atoms with E-state index in [1.807, 2.05) is 11.6 Å². The van der Waals surface area contributed by atoms with Gasteiger partial charge in [-0.3, -0.25) is 9.80 Å². The topological polar surface area (TPSA) is 48.1 Å². The fraction of sp³-hybridized carbons (Fsp3) is 0.714. The summed E-state index contributed by atoms with van der Waals surface area (Å²) in [6, 6.07) is 2.13. The van der Waals surface area contributed by atoms with E-state index in [0.29, 0.717) is 0 Å². The lowest BCUT2D eigenvalue weighted by atomic mass is 10.0. The van der Waals surface area contributed by atoms with Crippen LogP contribution in [0.15, 0.2) is 10.9 Å². The van der Waals surface area contributed by atoms with Gasteiger partial charge in [0.05, 0.1) is 12.4 Å². The number of imidazole rings is 1. The van der Waals surface area contributed by atoms with Crippen LogP contribution in [-0.4, -0.2) is 51.1 Å². The van der Waals surface area contributed by atoms with Crippen molar-refractivity contribution in [1.82, 2.24) is 19.4 Å². The van der Waals surface area contributed by atoms with Crippen molar-refractivity contribution in [3.8, 4) is 6.07 Å². The molecule has 1 unspecified atom stereocenters. The van der Waals surface area contributed by atoms with Crippen molar-refractivity contribution in [2.24, 2.45) is 7.05 Å². The van der Waals surface area contributed by atoms with Gasteiger partial charge in [0, 0.05) is 38.8 Å². The summed E-state index contributed by atoms with van der Waals surface area (Å²) < 4.78 is 2.78. The third-order valence-electron chi connectivity index (χ3n) is 3.90. The summed E-state index contributed by atoms with van der Waals surface area (Å²) in [5, 5.41) is 9.52. The van der Waals surface area contributed by atoms with Crippen LogP contribution in [0.2, 0.25) is 0 Å². The quantitative estimate of drug-likeness (QED) is 0.828. The van der Waals surface area contributed by atoms with E-state index in [1.165, 1.54) is 0 Å². The zero-order chi connectivity index (χ0) is 14.9. The molecule has 0 N–H and O–H groups in total. The molecule has 0 aromatic carbocycles. The van der Waals surface area contributed by atoms with Gasteiger partial charge < -0.3 is 4.57 Å². The molecule has 1 atom stereocenters. The Bertz CT molecular complexity index is 503. The van der Waals surface area contributed by atoms with E-state index in [9.17, 15) is 5.26 Å². The van der Waals surface area contributed by atoms with Gasteiger partial charge in [-0.25, -0.2) is 4.98 Å². The molecule has 0 bridgehead atoms. The molecule has 0 saturated carbocycles. The lowest BCUT2D eigenvalue weighted by Crippen LogP contribution is -2.53. The second-order valence-electron chi connectivity index (χ2n) is 6.26.